The number of anilines is 2. The van der Waals surface area contributed by atoms with Gasteiger partial charge in [0.1, 0.15) is 0 Å². The van der Waals surface area contributed by atoms with Crippen LogP contribution in [-0.2, 0) is 0 Å². The third kappa shape index (κ3) is 2.64. The van der Waals surface area contributed by atoms with Crippen molar-refractivity contribution in [1.29, 1.82) is 0 Å². The largest absolute Gasteiger partial charge is 0.324 e. The number of benzene rings is 1. The Balaban J connectivity index is 1.91. The van der Waals surface area contributed by atoms with Gasteiger partial charge in [0.15, 0.2) is 0 Å². The Morgan fingerprint density at radius 3 is 2.65 bits per heavy atom. The quantitative estimate of drug-likeness (QED) is 0.783. The van der Waals surface area contributed by atoms with Gasteiger partial charge in [0.2, 0.25) is 5.95 Å². The van der Waals surface area contributed by atoms with E-state index in [0.717, 1.165) is 22.5 Å². The Hall–Kier alpha value is -2.75. The van der Waals surface area contributed by atoms with Crippen LogP contribution < -0.4 is 5.32 Å². The van der Waals surface area contributed by atoms with Crippen LogP contribution in [0.15, 0.2) is 61.1 Å². The molecule has 3 aromatic rings. The topological polar surface area (TPSA) is 50.7 Å². The van der Waals surface area contributed by atoms with E-state index in [-0.39, 0.29) is 0 Å². The third-order valence-corrected chi connectivity index (χ3v) is 3.00. The van der Waals surface area contributed by atoms with E-state index in [4.69, 9.17) is 0 Å². The normalized spacial score (nSPS) is 10.2. The molecule has 0 atom stereocenters. The molecule has 3 rings (SSSR count). The van der Waals surface area contributed by atoms with Crippen LogP contribution >= 0.6 is 0 Å². The molecule has 0 fully saturated rings. The van der Waals surface area contributed by atoms with Crippen LogP contribution in [0.4, 0.5) is 11.6 Å². The molecule has 4 heteroatoms. The molecular weight excluding hydrogens is 248 g/mol. The minimum Gasteiger partial charge on any atom is -0.324 e. The molecule has 0 spiro atoms. The Morgan fingerprint density at radius 1 is 0.950 bits per heavy atom. The molecule has 0 radical (unpaired) electrons. The highest BCUT2D eigenvalue weighted by Gasteiger charge is 2.03. The predicted molar refractivity (Wildman–Crippen MR) is 79.7 cm³/mol. The lowest BCUT2D eigenvalue weighted by atomic mass is 10.2. The number of nitrogens with one attached hydrogen (secondary N) is 1. The molecule has 0 bridgehead atoms. The predicted octanol–water partition coefficient (Wildman–Crippen LogP) is 3.59. The van der Waals surface area contributed by atoms with Crippen LogP contribution in [0, 0.1) is 6.92 Å². The van der Waals surface area contributed by atoms with Gasteiger partial charge in [-0.3, -0.25) is 4.98 Å². The van der Waals surface area contributed by atoms with E-state index in [2.05, 4.69) is 20.3 Å². The summed E-state index contributed by atoms with van der Waals surface area (Å²) in [4.78, 5) is 12.9. The lowest BCUT2D eigenvalue weighted by Gasteiger charge is -2.08. The fourth-order valence-corrected chi connectivity index (χ4v) is 1.93. The van der Waals surface area contributed by atoms with Gasteiger partial charge in [-0.15, -0.1) is 0 Å². The number of hydrogen-bond donors (Lipinski definition) is 1. The Bertz CT molecular complexity index is 710. The van der Waals surface area contributed by atoms with Gasteiger partial charge in [-0.2, -0.15) is 0 Å². The summed E-state index contributed by atoms with van der Waals surface area (Å²) < 4.78 is 0. The SMILES string of the molecule is Cc1ccccc1Nc1nccc(-c2cccnc2)n1. The number of aromatic nitrogens is 3. The van der Waals surface area contributed by atoms with Gasteiger partial charge in [0, 0.05) is 29.8 Å². The van der Waals surface area contributed by atoms with E-state index in [0.29, 0.717) is 5.95 Å². The molecule has 0 saturated carbocycles. The molecule has 20 heavy (non-hydrogen) atoms. The Kier molecular flexibility index (Phi) is 3.37. The number of nitrogens with zero attached hydrogens (tertiary/aromatic N) is 3. The number of rotatable bonds is 3. The summed E-state index contributed by atoms with van der Waals surface area (Å²) in [6.45, 7) is 2.05. The first-order chi connectivity index (χ1) is 9.83. The molecule has 98 valence electrons. The molecule has 0 aliphatic rings. The smallest absolute Gasteiger partial charge is 0.227 e. The van der Waals surface area contributed by atoms with Crippen LogP contribution in [0.1, 0.15) is 5.56 Å². The van der Waals surface area contributed by atoms with Crippen molar-refractivity contribution < 1.29 is 0 Å². The van der Waals surface area contributed by atoms with Crippen molar-refractivity contribution in [3.8, 4) is 11.3 Å². The zero-order chi connectivity index (χ0) is 13.8. The van der Waals surface area contributed by atoms with E-state index in [9.17, 15) is 0 Å². The number of hydrogen-bond acceptors (Lipinski definition) is 4. The highest BCUT2D eigenvalue weighted by Crippen LogP contribution is 2.20. The molecule has 2 heterocycles. The minimum atomic E-state index is 0.584. The van der Waals surface area contributed by atoms with Crippen LogP contribution in [0.2, 0.25) is 0 Å². The van der Waals surface area contributed by atoms with E-state index in [1.54, 1.807) is 18.6 Å². The molecule has 2 aromatic heterocycles. The van der Waals surface area contributed by atoms with E-state index < -0.39 is 0 Å². The van der Waals surface area contributed by atoms with Crippen molar-refractivity contribution in [3.63, 3.8) is 0 Å². The van der Waals surface area contributed by atoms with Crippen LogP contribution in [0.25, 0.3) is 11.3 Å². The van der Waals surface area contributed by atoms with Crippen molar-refractivity contribution in [2.45, 2.75) is 6.92 Å². The van der Waals surface area contributed by atoms with Crippen LogP contribution in [0.5, 0.6) is 0 Å². The molecule has 0 saturated heterocycles. The summed E-state index contributed by atoms with van der Waals surface area (Å²) in [6, 6.07) is 13.8. The maximum absolute atomic E-state index is 4.52. The van der Waals surface area contributed by atoms with E-state index in [1.807, 2.05) is 49.4 Å². The highest BCUT2D eigenvalue weighted by atomic mass is 15.1. The minimum absolute atomic E-state index is 0.584. The van der Waals surface area contributed by atoms with Gasteiger partial charge in [-0.25, -0.2) is 9.97 Å². The molecule has 1 N–H and O–H groups in total. The molecular formula is C16H14N4. The molecule has 0 amide bonds. The van der Waals surface area contributed by atoms with Crippen molar-refractivity contribution in [2.24, 2.45) is 0 Å². The van der Waals surface area contributed by atoms with Crippen molar-refractivity contribution in [1.82, 2.24) is 15.0 Å². The fraction of sp³-hybridized carbons (Fsp3) is 0.0625. The maximum Gasteiger partial charge on any atom is 0.227 e. The summed E-state index contributed by atoms with van der Waals surface area (Å²) in [5.74, 6) is 0.584. The average molecular weight is 262 g/mol. The summed E-state index contributed by atoms with van der Waals surface area (Å²) in [5.41, 5.74) is 3.99. The van der Waals surface area contributed by atoms with Gasteiger partial charge in [0.05, 0.1) is 5.69 Å². The van der Waals surface area contributed by atoms with Crippen molar-refractivity contribution in [3.05, 3.63) is 66.6 Å². The summed E-state index contributed by atoms with van der Waals surface area (Å²) >= 11 is 0. The molecule has 1 aromatic carbocycles. The molecule has 0 aliphatic carbocycles. The summed E-state index contributed by atoms with van der Waals surface area (Å²) in [5, 5.41) is 3.24. The third-order valence-electron chi connectivity index (χ3n) is 3.00. The maximum atomic E-state index is 4.52. The fourth-order valence-electron chi connectivity index (χ4n) is 1.93. The first-order valence-corrected chi connectivity index (χ1v) is 6.39. The molecule has 0 unspecified atom stereocenters. The van der Waals surface area contributed by atoms with Crippen molar-refractivity contribution >= 4 is 11.6 Å². The van der Waals surface area contributed by atoms with Gasteiger partial charge in [-0.1, -0.05) is 18.2 Å². The van der Waals surface area contributed by atoms with E-state index >= 15 is 0 Å². The lowest BCUT2D eigenvalue weighted by molar-refractivity contribution is 1.16. The second kappa shape index (κ2) is 5.48. The Morgan fingerprint density at radius 2 is 1.85 bits per heavy atom. The van der Waals surface area contributed by atoms with Crippen molar-refractivity contribution in [2.75, 3.05) is 5.32 Å². The second-order valence-corrected chi connectivity index (χ2v) is 4.45. The van der Waals surface area contributed by atoms with Gasteiger partial charge >= 0.3 is 0 Å². The van der Waals surface area contributed by atoms with Gasteiger partial charge in [0.25, 0.3) is 0 Å². The average Bonchev–Trinajstić information content (AvgIpc) is 2.51. The van der Waals surface area contributed by atoms with Crippen LogP contribution in [0.3, 0.4) is 0 Å². The highest BCUT2D eigenvalue weighted by molar-refractivity contribution is 5.62. The molecule has 0 aliphatic heterocycles. The Labute approximate surface area is 117 Å². The first kappa shape index (κ1) is 12.3. The number of para-hydroxylation sites is 1. The zero-order valence-corrected chi connectivity index (χ0v) is 11.1. The van der Waals surface area contributed by atoms with E-state index in [1.165, 1.54) is 0 Å². The second-order valence-electron chi connectivity index (χ2n) is 4.45. The van der Waals surface area contributed by atoms with Crippen LogP contribution in [-0.4, -0.2) is 15.0 Å². The van der Waals surface area contributed by atoms with Gasteiger partial charge in [-0.05, 0) is 36.8 Å². The monoisotopic (exact) mass is 262 g/mol. The zero-order valence-electron chi connectivity index (χ0n) is 11.1. The van der Waals surface area contributed by atoms with Gasteiger partial charge < -0.3 is 5.32 Å². The first-order valence-electron chi connectivity index (χ1n) is 6.39. The summed E-state index contributed by atoms with van der Waals surface area (Å²) in [6.07, 6.45) is 5.28. The lowest BCUT2D eigenvalue weighted by Crippen LogP contribution is -1.99. The standard InChI is InChI=1S/C16H14N4/c1-12-5-2-3-7-14(12)19-16-18-10-8-15(20-16)13-6-4-9-17-11-13/h2-11H,1H3,(H,18,19,20). The molecule has 4 nitrogen and oxygen atoms in total. The number of pyridine rings is 1. The number of aryl methyl sites for hydroxylation is 1. The summed E-state index contributed by atoms with van der Waals surface area (Å²) in [7, 11) is 0.